The SMILES string of the molecule is Cc1cc2onc(-c3ccc(Cl)c(N)c3)c2cc1C. The van der Waals surface area contributed by atoms with Crippen molar-refractivity contribution >= 4 is 28.3 Å². The number of hydrogen-bond acceptors (Lipinski definition) is 3. The molecule has 1 aromatic heterocycles. The fourth-order valence-corrected chi connectivity index (χ4v) is 2.21. The van der Waals surface area contributed by atoms with Crippen LogP contribution < -0.4 is 5.73 Å². The number of anilines is 1. The van der Waals surface area contributed by atoms with Gasteiger partial charge in [0, 0.05) is 10.9 Å². The van der Waals surface area contributed by atoms with Crippen LogP contribution in [-0.2, 0) is 0 Å². The predicted molar refractivity (Wildman–Crippen MR) is 78.3 cm³/mol. The molecule has 0 aliphatic carbocycles. The molecule has 0 bridgehead atoms. The van der Waals surface area contributed by atoms with E-state index in [0.29, 0.717) is 10.7 Å². The molecular weight excluding hydrogens is 260 g/mol. The molecule has 96 valence electrons. The Labute approximate surface area is 116 Å². The van der Waals surface area contributed by atoms with E-state index in [-0.39, 0.29) is 0 Å². The lowest BCUT2D eigenvalue weighted by atomic mass is 10.0. The second-order valence-electron chi connectivity index (χ2n) is 4.70. The zero-order valence-electron chi connectivity index (χ0n) is 10.7. The lowest BCUT2D eigenvalue weighted by Crippen LogP contribution is -1.88. The number of hydrogen-bond donors (Lipinski definition) is 1. The van der Waals surface area contributed by atoms with Crippen LogP contribution >= 0.6 is 11.6 Å². The molecule has 3 nitrogen and oxygen atoms in total. The van der Waals surface area contributed by atoms with E-state index in [9.17, 15) is 0 Å². The molecule has 3 aromatic rings. The van der Waals surface area contributed by atoms with Gasteiger partial charge >= 0.3 is 0 Å². The van der Waals surface area contributed by atoms with Crippen LogP contribution in [0.5, 0.6) is 0 Å². The number of nitrogens with zero attached hydrogens (tertiary/aromatic N) is 1. The molecular formula is C15H13ClN2O. The van der Waals surface area contributed by atoms with E-state index < -0.39 is 0 Å². The number of rotatable bonds is 1. The van der Waals surface area contributed by atoms with Gasteiger partial charge in [-0.2, -0.15) is 0 Å². The van der Waals surface area contributed by atoms with Crippen LogP contribution in [0.1, 0.15) is 11.1 Å². The molecule has 0 aliphatic rings. The third-order valence-electron chi connectivity index (χ3n) is 3.36. The summed E-state index contributed by atoms with van der Waals surface area (Å²) in [6.07, 6.45) is 0. The minimum absolute atomic E-state index is 0.541. The van der Waals surface area contributed by atoms with Gasteiger partial charge in [-0.3, -0.25) is 0 Å². The molecule has 0 unspecified atom stereocenters. The first-order valence-electron chi connectivity index (χ1n) is 5.98. The summed E-state index contributed by atoms with van der Waals surface area (Å²) in [6.45, 7) is 4.12. The molecule has 0 amide bonds. The Morgan fingerprint density at radius 2 is 1.84 bits per heavy atom. The summed E-state index contributed by atoms with van der Waals surface area (Å²) in [5, 5.41) is 5.68. The van der Waals surface area contributed by atoms with Crippen molar-refractivity contribution in [3.8, 4) is 11.3 Å². The van der Waals surface area contributed by atoms with Crippen molar-refractivity contribution in [3.05, 3.63) is 46.5 Å². The highest BCUT2D eigenvalue weighted by atomic mass is 35.5. The largest absolute Gasteiger partial charge is 0.398 e. The first-order valence-corrected chi connectivity index (χ1v) is 6.36. The van der Waals surface area contributed by atoms with Crippen molar-refractivity contribution in [1.82, 2.24) is 5.16 Å². The van der Waals surface area contributed by atoms with E-state index in [1.165, 1.54) is 11.1 Å². The molecule has 0 saturated carbocycles. The lowest BCUT2D eigenvalue weighted by molar-refractivity contribution is 0.459. The maximum absolute atomic E-state index is 5.94. The van der Waals surface area contributed by atoms with Crippen LogP contribution in [0.3, 0.4) is 0 Å². The molecule has 0 spiro atoms. The van der Waals surface area contributed by atoms with Gasteiger partial charge in [-0.05, 0) is 49.2 Å². The van der Waals surface area contributed by atoms with Gasteiger partial charge in [0.2, 0.25) is 0 Å². The summed E-state index contributed by atoms with van der Waals surface area (Å²) in [4.78, 5) is 0. The Hall–Kier alpha value is -2.00. The molecule has 0 radical (unpaired) electrons. The predicted octanol–water partition coefficient (Wildman–Crippen LogP) is 4.35. The quantitative estimate of drug-likeness (QED) is 0.670. The van der Waals surface area contributed by atoms with Crippen LogP contribution in [0.25, 0.3) is 22.2 Å². The highest BCUT2D eigenvalue weighted by molar-refractivity contribution is 6.33. The first kappa shape index (κ1) is 12.1. The minimum Gasteiger partial charge on any atom is -0.398 e. The molecule has 3 rings (SSSR count). The molecule has 2 N–H and O–H groups in total. The topological polar surface area (TPSA) is 52.0 Å². The summed E-state index contributed by atoms with van der Waals surface area (Å²) in [6, 6.07) is 9.56. The van der Waals surface area contributed by atoms with Crippen molar-refractivity contribution < 1.29 is 4.52 Å². The Kier molecular flexibility index (Phi) is 2.72. The van der Waals surface area contributed by atoms with E-state index >= 15 is 0 Å². The van der Waals surface area contributed by atoms with Crippen LogP contribution in [0.4, 0.5) is 5.69 Å². The highest BCUT2D eigenvalue weighted by Crippen LogP contribution is 2.32. The van der Waals surface area contributed by atoms with Crippen LogP contribution in [-0.4, -0.2) is 5.16 Å². The Balaban J connectivity index is 2.25. The van der Waals surface area contributed by atoms with Gasteiger partial charge in [-0.25, -0.2) is 0 Å². The number of nitrogen functional groups attached to an aromatic ring is 1. The number of halogens is 1. The Morgan fingerprint density at radius 3 is 2.58 bits per heavy atom. The summed E-state index contributed by atoms with van der Waals surface area (Å²) >= 11 is 5.94. The number of nitrogens with two attached hydrogens (primary N) is 1. The average molecular weight is 273 g/mol. The molecule has 0 fully saturated rings. The number of benzene rings is 2. The average Bonchev–Trinajstić information content (AvgIpc) is 2.76. The zero-order chi connectivity index (χ0) is 13.6. The standard InChI is InChI=1S/C15H13ClN2O/c1-8-5-11-14(6-9(8)2)19-18-15(11)10-3-4-12(16)13(17)7-10/h3-7H,17H2,1-2H3. The molecule has 1 heterocycles. The summed E-state index contributed by atoms with van der Waals surface area (Å²) < 4.78 is 5.39. The van der Waals surface area contributed by atoms with Crippen molar-refractivity contribution in [3.63, 3.8) is 0 Å². The van der Waals surface area contributed by atoms with Gasteiger partial charge in [0.05, 0.1) is 10.7 Å². The van der Waals surface area contributed by atoms with E-state index in [2.05, 4.69) is 25.1 Å². The zero-order valence-corrected chi connectivity index (χ0v) is 11.5. The maximum Gasteiger partial charge on any atom is 0.167 e. The van der Waals surface area contributed by atoms with E-state index in [1.807, 2.05) is 18.2 Å². The number of aromatic nitrogens is 1. The molecule has 0 saturated heterocycles. The van der Waals surface area contributed by atoms with E-state index in [1.54, 1.807) is 6.07 Å². The van der Waals surface area contributed by atoms with Gasteiger partial charge in [-0.1, -0.05) is 22.8 Å². The van der Waals surface area contributed by atoms with Gasteiger partial charge in [0.25, 0.3) is 0 Å². The summed E-state index contributed by atoms with van der Waals surface area (Å²) in [5.41, 5.74) is 11.3. The molecule has 2 aromatic carbocycles. The Morgan fingerprint density at radius 1 is 1.11 bits per heavy atom. The van der Waals surface area contributed by atoms with Crippen LogP contribution in [0.15, 0.2) is 34.9 Å². The maximum atomic E-state index is 5.94. The van der Waals surface area contributed by atoms with Crippen LogP contribution in [0.2, 0.25) is 5.02 Å². The second kappa shape index (κ2) is 4.28. The second-order valence-corrected chi connectivity index (χ2v) is 5.11. The van der Waals surface area contributed by atoms with E-state index in [4.69, 9.17) is 21.9 Å². The fourth-order valence-electron chi connectivity index (χ4n) is 2.09. The third-order valence-corrected chi connectivity index (χ3v) is 3.70. The third kappa shape index (κ3) is 1.96. The molecule has 0 atom stereocenters. The van der Waals surface area contributed by atoms with Crippen molar-refractivity contribution in [2.45, 2.75) is 13.8 Å². The van der Waals surface area contributed by atoms with Gasteiger partial charge in [0.15, 0.2) is 5.58 Å². The summed E-state index contributed by atoms with van der Waals surface area (Å²) in [5.74, 6) is 0. The smallest absolute Gasteiger partial charge is 0.167 e. The molecule has 4 heteroatoms. The highest BCUT2D eigenvalue weighted by Gasteiger charge is 2.12. The minimum atomic E-state index is 0.541. The monoisotopic (exact) mass is 272 g/mol. The van der Waals surface area contributed by atoms with Gasteiger partial charge in [-0.15, -0.1) is 0 Å². The normalized spacial score (nSPS) is 11.1. The lowest BCUT2D eigenvalue weighted by Gasteiger charge is -2.02. The van der Waals surface area contributed by atoms with Crippen molar-refractivity contribution in [2.24, 2.45) is 0 Å². The van der Waals surface area contributed by atoms with Crippen molar-refractivity contribution in [2.75, 3.05) is 5.73 Å². The molecule has 0 aliphatic heterocycles. The van der Waals surface area contributed by atoms with E-state index in [0.717, 1.165) is 22.2 Å². The number of aryl methyl sites for hydroxylation is 2. The fraction of sp³-hybridized carbons (Fsp3) is 0.133. The Bertz CT molecular complexity index is 777. The molecule has 19 heavy (non-hydrogen) atoms. The summed E-state index contributed by atoms with van der Waals surface area (Å²) in [7, 11) is 0. The van der Waals surface area contributed by atoms with Crippen molar-refractivity contribution in [1.29, 1.82) is 0 Å². The van der Waals surface area contributed by atoms with Crippen LogP contribution in [0, 0.1) is 13.8 Å². The first-order chi connectivity index (χ1) is 9.06. The van der Waals surface area contributed by atoms with Gasteiger partial charge in [0.1, 0.15) is 5.69 Å². The van der Waals surface area contributed by atoms with Gasteiger partial charge < -0.3 is 10.3 Å². The number of fused-ring (bicyclic) bond motifs is 1.